The Labute approximate surface area is 186 Å². The summed E-state index contributed by atoms with van der Waals surface area (Å²) in [6.45, 7) is 1.99. The minimum absolute atomic E-state index is 0.0111. The number of rotatable bonds is 10. The van der Waals surface area contributed by atoms with Crippen molar-refractivity contribution in [1.29, 1.82) is 0 Å². The van der Waals surface area contributed by atoms with Crippen LogP contribution >= 0.6 is 11.6 Å². The minimum atomic E-state index is -0.583. The third-order valence-corrected chi connectivity index (χ3v) is 4.65. The van der Waals surface area contributed by atoms with Crippen molar-refractivity contribution < 1.29 is 28.5 Å². The van der Waals surface area contributed by atoms with Gasteiger partial charge in [-0.15, -0.1) is 0 Å². The summed E-state index contributed by atoms with van der Waals surface area (Å²) in [6.07, 6.45) is 2.94. The Morgan fingerprint density at radius 2 is 1.87 bits per heavy atom. The Morgan fingerprint density at radius 3 is 2.52 bits per heavy atom. The summed E-state index contributed by atoms with van der Waals surface area (Å²) in [4.78, 5) is 24.6. The van der Waals surface area contributed by atoms with Crippen molar-refractivity contribution in [3.8, 4) is 17.2 Å². The molecule has 0 aromatic heterocycles. The lowest BCUT2D eigenvalue weighted by atomic mass is 10.0. The number of amides is 1. The average Bonchev–Trinajstić information content (AvgIpc) is 2.77. The summed E-state index contributed by atoms with van der Waals surface area (Å²) in [7, 11) is 4.55. The van der Waals surface area contributed by atoms with Crippen LogP contribution in [-0.2, 0) is 14.3 Å². The summed E-state index contributed by atoms with van der Waals surface area (Å²) >= 11 is 6.21. The van der Waals surface area contributed by atoms with E-state index in [1.165, 1.54) is 20.3 Å². The van der Waals surface area contributed by atoms with Crippen LogP contribution in [0.3, 0.4) is 0 Å². The monoisotopic (exact) mass is 447 g/mol. The molecule has 2 rings (SSSR count). The molecule has 0 aliphatic rings. The maximum Gasteiger partial charge on any atom is 0.308 e. The lowest BCUT2D eigenvalue weighted by molar-refractivity contribution is -0.143. The zero-order valence-electron chi connectivity index (χ0n) is 17.9. The lowest BCUT2D eigenvalue weighted by Gasteiger charge is -2.18. The van der Waals surface area contributed by atoms with E-state index in [-0.39, 0.29) is 18.9 Å². The predicted octanol–water partition coefficient (Wildman–Crippen LogP) is 4.19. The molecule has 2 aromatic carbocycles. The normalized spacial score (nSPS) is 11.6. The quantitative estimate of drug-likeness (QED) is 0.434. The van der Waals surface area contributed by atoms with Crippen molar-refractivity contribution >= 4 is 29.6 Å². The molecule has 0 fully saturated rings. The summed E-state index contributed by atoms with van der Waals surface area (Å²) in [5.41, 5.74) is 1.38. The number of esters is 1. The first-order chi connectivity index (χ1) is 14.9. The Morgan fingerprint density at radius 1 is 1.10 bits per heavy atom. The largest absolute Gasteiger partial charge is 0.497 e. The Bertz CT molecular complexity index is 944. The van der Waals surface area contributed by atoms with Gasteiger partial charge in [-0.3, -0.25) is 9.59 Å². The van der Waals surface area contributed by atoms with Crippen LogP contribution in [0.1, 0.15) is 30.5 Å². The molecule has 1 atom stereocenters. The van der Waals surface area contributed by atoms with E-state index >= 15 is 0 Å². The number of benzene rings is 2. The van der Waals surface area contributed by atoms with E-state index in [4.69, 9.17) is 30.5 Å². The second kappa shape index (κ2) is 11.9. The van der Waals surface area contributed by atoms with Gasteiger partial charge in [-0.2, -0.15) is 0 Å². The van der Waals surface area contributed by atoms with Crippen molar-refractivity contribution in [1.82, 2.24) is 5.32 Å². The number of carbonyl (C=O) groups excluding carboxylic acids is 2. The van der Waals surface area contributed by atoms with Gasteiger partial charge in [0.05, 0.1) is 45.4 Å². The molecule has 0 heterocycles. The number of halogens is 1. The first-order valence-electron chi connectivity index (χ1n) is 9.61. The van der Waals surface area contributed by atoms with Gasteiger partial charge < -0.3 is 24.3 Å². The van der Waals surface area contributed by atoms with Gasteiger partial charge >= 0.3 is 5.97 Å². The van der Waals surface area contributed by atoms with Crippen molar-refractivity contribution in [3.63, 3.8) is 0 Å². The first kappa shape index (κ1) is 24.1. The number of hydrogen-bond acceptors (Lipinski definition) is 6. The molecule has 1 amide bonds. The van der Waals surface area contributed by atoms with Gasteiger partial charge in [0, 0.05) is 6.08 Å². The summed E-state index contributed by atoms with van der Waals surface area (Å²) in [5, 5.41) is 3.20. The number of carbonyl (C=O) groups is 2. The van der Waals surface area contributed by atoms with Gasteiger partial charge in [0.15, 0.2) is 11.5 Å². The molecule has 0 spiro atoms. The molecule has 0 aliphatic carbocycles. The van der Waals surface area contributed by atoms with Crippen molar-refractivity contribution in [3.05, 3.63) is 58.6 Å². The first-order valence-corrected chi connectivity index (χ1v) is 9.99. The smallest absolute Gasteiger partial charge is 0.308 e. The zero-order valence-corrected chi connectivity index (χ0v) is 18.7. The van der Waals surface area contributed by atoms with Crippen LogP contribution in [0, 0.1) is 0 Å². The number of nitrogens with one attached hydrogen (secondary N) is 1. The fourth-order valence-corrected chi connectivity index (χ4v) is 3.22. The highest BCUT2D eigenvalue weighted by Gasteiger charge is 2.19. The van der Waals surface area contributed by atoms with Crippen LogP contribution in [0.4, 0.5) is 0 Å². The molecule has 31 heavy (non-hydrogen) atoms. The van der Waals surface area contributed by atoms with E-state index in [0.29, 0.717) is 27.8 Å². The van der Waals surface area contributed by atoms with E-state index in [1.807, 2.05) is 6.07 Å². The Kier molecular flexibility index (Phi) is 9.21. The summed E-state index contributed by atoms with van der Waals surface area (Å²) < 4.78 is 20.8. The number of hydrogen-bond donors (Lipinski definition) is 1. The summed E-state index contributed by atoms with van der Waals surface area (Å²) in [5.74, 6) is 0.690. The molecule has 0 radical (unpaired) electrons. The maximum absolute atomic E-state index is 12.6. The van der Waals surface area contributed by atoms with Crippen LogP contribution in [0.15, 0.2) is 42.5 Å². The number of ether oxygens (including phenoxy) is 4. The predicted molar refractivity (Wildman–Crippen MR) is 119 cm³/mol. The van der Waals surface area contributed by atoms with Gasteiger partial charge in [-0.25, -0.2) is 0 Å². The third-order valence-electron chi connectivity index (χ3n) is 4.37. The molecular formula is C23H26ClNO6. The fourth-order valence-electron chi connectivity index (χ4n) is 2.92. The Hall–Kier alpha value is -3.19. The molecule has 0 bridgehead atoms. The fraction of sp³-hybridized carbons (Fsp3) is 0.304. The molecular weight excluding hydrogens is 422 g/mol. The molecule has 2 aromatic rings. The second-order valence-electron chi connectivity index (χ2n) is 6.42. The highest BCUT2D eigenvalue weighted by Crippen LogP contribution is 2.36. The van der Waals surface area contributed by atoms with Crippen LogP contribution in [-0.4, -0.2) is 39.8 Å². The summed E-state index contributed by atoms with van der Waals surface area (Å²) in [6, 6.07) is 9.93. The van der Waals surface area contributed by atoms with Crippen LogP contribution in [0.5, 0.6) is 17.2 Å². The van der Waals surface area contributed by atoms with E-state index < -0.39 is 12.0 Å². The lowest BCUT2D eigenvalue weighted by Crippen LogP contribution is -2.29. The highest BCUT2D eigenvalue weighted by molar-refractivity contribution is 6.32. The average molecular weight is 448 g/mol. The van der Waals surface area contributed by atoms with Gasteiger partial charge in [0.25, 0.3) is 0 Å². The molecule has 0 saturated carbocycles. The van der Waals surface area contributed by atoms with Gasteiger partial charge in [-0.1, -0.05) is 23.7 Å². The van der Waals surface area contributed by atoms with Gasteiger partial charge in [0.2, 0.25) is 5.91 Å². The molecule has 1 unspecified atom stereocenters. The number of methoxy groups -OCH3 is 3. The molecule has 166 valence electrons. The van der Waals surface area contributed by atoms with Crippen molar-refractivity contribution in [2.75, 3.05) is 27.9 Å². The van der Waals surface area contributed by atoms with Crippen molar-refractivity contribution in [2.24, 2.45) is 0 Å². The maximum atomic E-state index is 12.6. The standard InChI is InChI=1S/C23H26ClNO6/c1-5-31-22(27)14-19(16-7-6-8-17(13-16)28-2)25-21(26)10-9-15-11-18(24)23(30-4)20(12-15)29-3/h6-13,19H,5,14H2,1-4H3,(H,25,26). The molecule has 8 heteroatoms. The van der Waals surface area contributed by atoms with Crippen molar-refractivity contribution in [2.45, 2.75) is 19.4 Å². The zero-order chi connectivity index (χ0) is 22.8. The van der Waals surface area contributed by atoms with Crippen LogP contribution < -0.4 is 19.5 Å². The van der Waals surface area contributed by atoms with Gasteiger partial charge in [0.1, 0.15) is 5.75 Å². The van der Waals surface area contributed by atoms with E-state index in [0.717, 1.165) is 5.56 Å². The Balaban J connectivity index is 2.21. The van der Waals surface area contributed by atoms with E-state index in [1.54, 1.807) is 50.4 Å². The minimum Gasteiger partial charge on any atom is -0.497 e. The van der Waals surface area contributed by atoms with Gasteiger partial charge in [-0.05, 0) is 48.4 Å². The molecule has 0 saturated heterocycles. The molecule has 0 aliphatic heterocycles. The topological polar surface area (TPSA) is 83.1 Å². The molecule has 7 nitrogen and oxygen atoms in total. The van der Waals surface area contributed by atoms with Crippen LogP contribution in [0.2, 0.25) is 5.02 Å². The third kappa shape index (κ3) is 6.93. The van der Waals surface area contributed by atoms with Crippen LogP contribution in [0.25, 0.3) is 6.08 Å². The SMILES string of the molecule is CCOC(=O)CC(NC(=O)C=Cc1cc(Cl)c(OC)c(OC)c1)c1cccc(OC)c1. The van der Waals surface area contributed by atoms with E-state index in [2.05, 4.69) is 5.32 Å². The molecule has 1 N–H and O–H groups in total. The highest BCUT2D eigenvalue weighted by atomic mass is 35.5. The second-order valence-corrected chi connectivity index (χ2v) is 6.83. The van der Waals surface area contributed by atoms with E-state index in [9.17, 15) is 9.59 Å².